The molecule has 1 aromatic rings. The second-order valence-corrected chi connectivity index (χ2v) is 7.99. The van der Waals surface area contributed by atoms with Gasteiger partial charge in [-0.2, -0.15) is 0 Å². The van der Waals surface area contributed by atoms with E-state index in [0.29, 0.717) is 6.61 Å². The second-order valence-electron chi connectivity index (χ2n) is 7.55. The van der Waals surface area contributed by atoms with Crippen molar-refractivity contribution in [2.45, 2.75) is 44.4 Å². The maximum atomic E-state index is 11.9. The molecule has 0 bridgehead atoms. The number of ether oxygens (including phenoxy) is 1. The van der Waals surface area contributed by atoms with Crippen LogP contribution in [-0.4, -0.2) is 50.1 Å². The molecule has 1 aliphatic heterocycles. The molecule has 1 saturated carbocycles. The molecular formula is C21H31ClIN3O2. The fourth-order valence-electron chi connectivity index (χ4n) is 4.14. The summed E-state index contributed by atoms with van der Waals surface area (Å²) in [4.78, 5) is 18.7. The number of nitrogens with zero attached hydrogens (tertiary/aromatic N) is 2. The number of halogens is 2. The third-order valence-electron chi connectivity index (χ3n) is 5.98. The lowest BCUT2D eigenvalue weighted by Gasteiger charge is -2.44. The van der Waals surface area contributed by atoms with Crippen molar-refractivity contribution < 1.29 is 9.53 Å². The zero-order valence-electron chi connectivity index (χ0n) is 16.7. The number of aliphatic imine (C=N–C) groups is 1. The first-order valence-corrected chi connectivity index (χ1v) is 10.3. The Morgan fingerprint density at radius 3 is 2.43 bits per heavy atom. The molecule has 1 aromatic carbocycles. The molecule has 0 atom stereocenters. The van der Waals surface area contributed by atoms with E-state index >= 15 is 0 Å². The molecule has 0 unspecified atom stereocenters. The smallest absolute Gasteiger partial charge is 0.309 e. The van der Waals surface area contributed by atoms with Crippen molar-refractivity contribution in [3.8, 4) is 0 Å². The highest BCUT2D eigenvalue weighted by Crippen LogP contribution is 2.43. The van der Waals surface area contributed by atoms with Gasteiger partial charge in [0.1, 0.15) is 0 Å². The number of hydrogen-bond donors (Lipinski definition) is 1. The van der Waals surface area contributed by atoms with E-state index in [4.69, 9.17) is 16.3 Å². The predicted molar refractivity (Wildman–Crippen MR) is 125 cm³/mol. The lowest BCUT2D eigenvalue weighted by atomic mass is 9.64. The highest BCUT2D eigenvalue weighted by atomic mass is 127. The SMILES string of the molecule is CCOC(=O)C1CCN(C(=NC)NCC2(c3ccc(Cl)cc3)CCC2)CC1.I. The molecule has 2 aliphatic rings. The summed E-state index contributed by atoms with van der Waals surface area (Å²) in [6.07, 6.45) is 5.27. The molecule has 156 valence electrons. The molecule has 28 heavy (non-hydrogen) atoms. The van der Waals surface area contributed by atoms with Crippen molar-refractivity contribution in [3.63, 3.8) is 0 Å². The Balaban J connectivity index is 0.00000280. The molecule has 3 rings (SSSR count). The monoisotopic (exact) mass is 519 g/mol. The Morgan fingerprint density at radius 2 is 1.93 bits per heavy atom. The Labute approximate surface area is 190 Å². The van der Waals surface area contributed by atoms with E-state index in [2.05, 4.69) is 27.3 Å². The predicted octanol–water partition coefficient (Wildman–Crippen LogP) is 4.23. The van der Waals surface area contributed by atoms with Crippen LogP contribution in [0.4, 0.5) is 0 Å². The van der Waals surface area contributed by atoms with Crippen LogP contribution in [0.1, 0.15) is 44.6 Å². The van der Waals surface area contributed by atoms with Crippen LogP contribution in [-0.2, 0) is 14.9 Å². The van der Waals surface area contributed by atoms with Crippen molar-refractivity contribution in [2.24, 2.45) is 10.9 Å². The van der Waals surface area contributed by atoms with Crippen LogP contribution in [0.2, 0.25) is 5.02 Å². The Bertz CT molecular complexity index is 669. The lowest BCUT2D eigenvalue weighted by molar-refractivity contribution is -0.149. The molecule has 5 nitrogen and oxygen atoms in total. The average molecular weight is 520 g/mol. The number of guanidine groups is 1. The topological polar surface area (TPSA) is 53.9 Å². The summed E-state index contributed by atoms with van der Waals surface area (Å²) in [5.41, 5.74) is 1.52. The molecule has 1 saturated heterocycles. The summed E-state index contributed by atoms with van der Waals surface area (Å²) < 4.78 is 5.16. The molecule has 2 fully saturated rings. The molecule has 0 spiro atoms. The van der Waals surface area contributed by atoms with Gasteiger partial charge in [-0.05, 0) is 50.3 Å². The number of nitrogens with one attached hydrogen (secondary N) is 1. The molecule has 1 N–H and O–H groups in total. The van der Waals surface area contributed by atoms with Crippen LogP contribution in [0.15, 0.2) is 29.3 Å². The number of piperidine rings is 1. The summed E-state index contributed by atoms with van der Waals surface area (Å²) in [5, 5.41) is 4.37. The minimum absolute atomic E-state index is 0. The summed E-state index contributed by atoms with van der Waals surface area (Å²) in [6, 6.07) is 8.26. The Kier molecular flexibility index (Phi) is 8.86. The second kappa shape index (κ2) is 10.7. The van der Waals surface area contributed by atoms with E-state index in [1.165, 1.54) is 24.8 Å². The molecule has 0 amide bonds. The fraction of sp³-hybridized carbons (Fsp3) is 0.619. The normalized spacial score (nSPS) is 19.4. The number of hydrogen-bond acceptors (Lipinski definition) is 3. The lowest BCUT2D eigenvalue weighted by Crippen LogP contribution is -2.52. The Morgan fingerprint density at radius 1 is 1.29 bits per heavy atom. The fourth-order valence-corrected chi connectivity index (χ4v) is 4.27. The minimum Gasteiger partial charge on any atom is -0.466 e. The number of rotatable bonds is 5. The van der Waals surface area contributed by atoms with Crippen molar-refractivity contribution in [3.05, 3.63) is 34.9 Å². The highest BCUT2D eigenvalue weighted by molar-refractivity contribution is 14.0. The third kappa shape index (κ3) is 5.32. The van der Waals surface area contributed by atoms with Gasteiger partial charge in [-0.25, -0.2) is 0 Å². The zero-order valence-corrected chi connectivity index (χ0v) is 19.8. The van der Waals surface area contributed by atoms with Crippen LogP contribution in [0.25, 0.3) is 0 Å². The summed E-state index contributed by atoms with van der Waals surface area (Å²) in [6.45, 7) is 4.85. The number of carbonyl (C=O) groups excluding carboxylic acids is 1. The van der Waals surface area contributed by atoms with Crippen molar-refractivity contribution >= 4 is 47.5 Å². The largest absolute Gasteiger partial charge is 0.466 e. The first-order chi connectivity index (χ1) is 13.1. The minimum atomic E-state index is -0.0590. The number of esters is 1. The summed E-state index contributed by atoms with van der Waals surface area (Å²) in [7, 11) is 1.83. The van der Waals surface area contributed by atoms with Gasteiger partial charge in [0.15, 0.2) is 5.96 Å². The maximum Gasteiger partial charge on any atom is 0.309 e. The molecule has 0 radical (unpaired) electrons. The van der Waals surface area contributed by atoms with Gasteiger partial charge in [0.2, 0.25) is 0 Å². The van der Waals surface area contributed by atoms with Gasteiger partial charge in [-0.3, -0.25) is 9.79 Å². The van der Waals surface area contributed by atoms with Crippen LogP contribution < -0.4 is 5.32 Å². The third-order valence-corrected chi connectivity index (χ3v) is 6.23. The first-order valence-electron chi connectivity index (χ1n) is 9.96. The van der Waals surface area contributed by atoms with Crippen LogP contribution in [0.3, 0.4) is 0 Å². The van der Waals surface area contributed by atoms with Gasteiger partial charge < -0.3 is 15.0 Å². The van der Waals surface area contributed by atoms with Crippen molar-refractivity contribution in [1.82, 2.24) is 10.2 Å². The van der Waals surface area contributed by atoms with E-state index in [-0.39, 0.29) is 41.3 Å². The van der Waals surface area contributed by atoms with E-state index in [0.717, 1.165) is 43.5 Å². The van der Waals surface area contributed by atoms with E-state index in [1.807, 2.05) is 26.1 Å². The van der Waals surface area contributed by atoms with Crippen LogP contribution >= 0.6 is 35.6 Å². The number of likely N-dealkylation sites (tertiary alicyclic amines) is 1. The highest BCUT2D eigenvalue weighted by Gasteiger charge is 2.39. The van der Waals surface area contributed by atoms with Gasteiger partial charge in [-0.15, -0.1) is 24.0 Å². The van der Waals surface area contributed by atoms with Gasteiger partial charge in [0.05, 0.1) is 12.5 Å². The number of carbonyl (C=O) groups is 1. The molecule has 0 aromatic heterocycles. The maximum absolute atomic E-state index is 11.9. The van der Waals surface area contributed by atoms with Crippen molar-refractivity contribution in [2.75, 3.05) is 33.3 Å². The standard InChI is InChI=1S/C21H30ClN3O2.HI/c1-3-27-19(26)16-9-13-25(14-10-16)20(23-2)24-15-21(11-4-12-21)17-5-7-18(22)8-6-17;/h5-8,16H,3-4,9-15H2,1-2H3,(H,23,24);1H. The van der Waals surface area contributed by atoms with Crippen LogP contribution in [0, 0.1) is 5.92 Å². The molecular weight excluding hydrogens is 489 g/mol. The zero-order chi connectivity index (χ0) is 19.3. The molecule has 7 heteroatoms. The van der Waals surface area contributed by atoms with Gasteiger partial charge >= 0.3 is 5.97 Å². The first kappa shape index (κ1) is 23.3. The molecule has 1 aliphatic carbocycles. The average Bonchev–Trinajstić information content (AvgIpc) is 2.65. The van der Waals surface area contributed by atoms with Crippen LogP contribution in [0.5, 0.6) is 0 Å². The van der Waals surface area contributed by atoms with Gasteiger partial charge in [0, 0.05) is 37.1 Å². The van der Waals surface area contributed by atoms with Gasteiger partial charge in [0.25, 0.3) is 0 Å². The summed E-state index contributed by atoms with van der Waals surface area (Å²) in [5.74, 6) is 0.889. The van der Waals surface area contributed by atoms with E-state index in [9.17, 15) is 4.79 Å². The van der Waals surface area contributed by atoms with Crippen molar-refractivity contribution in [1.29, 1.82) is 0 Å². The Hall–Kier alpha value is -1.02. The number of benzene rings is 1. The van der Waals surface area contributed by atoms with E-state index < -0.39 is 0 Å². The summed E-state index contributed by atoms with van der Waals surface area (Å²) >= 11 is 6.05. The molecule has 1 heterocycles. The van der Waals surface area contributed by atoms with Gasteiger partial charge in [-0.1, -0.05) is 30.2 Å². The van der Waals surface area contributed by atoms with E-state index in [1.54, 1.807) is 0 Å². The quantitative estimate of drug-likeness (QED) is 0.274.